The first-order valence-corrected chi connectivity index (χ1v) is 7.95. The van der Waals surface area contributed by atoms with Crippen molar-refractivity contribution >= 4 is 43.5 Å². The molecule has 0 aliphatic heterocycles. The van der Waals surface area contributed by atoms with Crippen molar-refractivity contribution in [2.24, 2.45) is 0 Å². The van der Waals surface area contributed by atoms with Gasteiger partial charge in [-0.15, -0.1) is 0 Å². The van der Waals surface area contributed by atoms with Gasteiger partial charge in [0.15, 0.2) is 0 Å². The fourth-order valence-electron chi connectivity index (χ4n) is 1.80. The van der Waals surface area contributed by atoms with Crippen LogP contribution in [0.2, 0.25) is 5.02 Å². The minimum Gasteiger partial charge on any atom is -0.306 e. The first-order valence-electron chi connectivity index (χ1n) is 5.99. The van der Waals surface area contributed by atoms with Gasteiger partial charge in [-0.25, -0.2) is 0 Å². The van der Waals surface area contributed by atoms with Crippen LogP contribution in [0.4, 0.5) is 0 Å². The van der Waals surface area contributed by atoms with E-state index in [2.05, 4.69) is 68.4 Å². The summed E-state index contributed by atoms with van der Waals surface area (Å²) in [6, 6.07) is 14.6. The molecule has 2 aromatic carbocycles. The van der Waals surface area contributed by atoms with Gasteiger partial charge in [-0.3, -0.25) is 0 Å². The van der Waals surface area contributed by atoms with E-state index >= 15 is 0 Å². The van der Waals surface area contributed by atoms with E-state index in [0.717, 1.165) is 26.1 Å². The Morgan fingerprint density at radius 1 is 1.05 bits per heavy atom. The van der Waals surface area contributed by atoms with Gasteiger partial charge in [0.05, 0.1) is 0 Å². The second-order valence-corrected chi connectivity index (χ2v) is 6.63. The van der Waals surface area contributed by atoms with Gasteiger partial charge in [-0.2, -0.15) is 0 Å². The summed E-state index contributed by atoms with van der Waals surface area (Å²) < 4.78 is 2.10. The minimum atomic E-state index is 0.285. The molecule has 4 heteroatoms. The topological polar surface area (TPSA) is 12.0 Å². The van der Waals surface area contributed by atoms with Crippen molar-refractivity contribution < 1.29 is 0 Å². The van der Waals surface area contributed by atoms with Crippen molar-refractivity contribution in [2.45, 2.75) is 19.5 Å². The van der Waals surface area contributed by atoms with Crippen molar-refractivity contribution in [1.82, 2.24) is 5.32 Å². The third kappa shape index (κ3) is 4.32. The van der Waals surface area contributed by atoms with Crippen molar-refractivity contribution in [3.63, 3.8) is 0 Å². The van der Waals surface area contributed by atoms with Gasteiger partial charge in [0, 0.05) is 26.6 Å². The molecule has 0 aliphatic rings. The number of halogens is 3. The molecule has 1 atom stereocenters. The predicted molar refractivity (Wildman–Crippen MR) is 88.5 cm³/mol. The molecule has 0 heterocycles. The SMILES string of the molecule is C[C@H](NCc1ccc(Br)cc1Cl)c1ccc(Br)cc1. The van der Waals surface area contributed by atoms with E-state index in [4.69, 9.17) is 11.6 Å². The van der Waals surface area contributed by atoms with Crippen LogP contribution in [0.25, 0.3) is 0 Å². The summed E-state index contributed by atoms with van der Waals surface area (Å²) in [6.45, 7) is 2.90. The number of benzene rings is 2. The van der Waals surface area contributed by atoms with E-state index in [1.807, 2.05) is 18.2 Å². The largest absolute Gasteiger partial charge is 0.306 e. The molecule has 0 unspecified atom stereocenters. The molecule has 0 bridgehead atoms. The number of rotatable bonds is 4. The maximum Gasteiger partial charge on any atom is 0.0462 e. The van der Waals surface area contributed by atoms with Crippen molar-refractivity contribution in [2.75, 3.05) is 0 Å². The maximum atomic E-state index is 6.20. The zero-order chi connectivity index (χ0) is 13.8. The molecule has 1 nitrogen and oxygen atoms in total. The Morgan fingerprint density at radius 3 is 2.32 bits per heavy atom. The second-order valence-electron chi connectivity index (χ2n) is 4.39. The normalized spacial score (nSPS) is 12.4. The van der Waals surface area contributed by atoms with Gasteiger partial charge in [-0.1, -0.05) is 61.7 Å². The van der Waals surface area contributed by atoms with Crippen LogP contribution in [0.15, 0.2) is 51.4 Å². The van der Waals surface area contributed by atoms with E-state index in [-0.39, 0.29) is 6.04 Å². The third-order valence-corrected chi connectivity index (χ3v) is 4.36. The molecule has 0 fully saturated rings. The maximum absolute atomic E-state index is 6.20. The van der Waals surface area contributed by atoms with Gasteiger partial charge in [0.2, 0.25) is 0 Å². The Balaban J connectivity index is 2.00. The molecule has 0 radical (unpaired) electrons. The first-order chi connectivity index (χ1) is 9.06. The number of nitrogens with one attached hydrogen (secondary N) is 1. The molecule has 0 spiro atoms. The summed E-state index contributed by atoms with van der Waals surface area (Å²) in [5.74, 6) is 0. The quantitative estimate of drug-likeness (QED) is 0.689. The van der Waals surface area contributed by atoms with Gasteiger partial charge in [0.1, 0.15) is 0 Å². The summed E-state index contributed by atoms with van der Waals surface area (Å²) in [5, 5.41) is 4.26. The predicted octanol–water partition coefficient (Wildman–Crippen LogP) is 5.72. The van der Waals surface area contributed by atoms with Crippen LogP contribution in [0.1, 0.15) is 24.1 Å². The van der Waals surface area contributed by atoms with Crippen LogP contribution in [0.5, 0.6) is 0 Å². The lowest BCUT2D eigenvalue weighted by Crippen LogP contribution is -2.18. The highest BCUT2D eigenvalue weighted by Crippen LogP contribution is 2.22. The Hall–Kier alpha value is -0.350. The summed E-state index contributed by atoms with van der Waals surface area (Å²) in [6.07, 6.45) is 0. The van der Waals surface area contributed by atoms with Crippen LogP contribution in [-0.4, -0.2) is 0 Å². The molecule has 2 aromatic rings. The average molecular weight is 404 g/mol. The standard InChI is InChI=1S/C15H14Br2ClN/c1-10(11-2-5-13(16)6-3-11)19-9-12-4-7-14(17)8-15(12)18/h2-8,10,19H,9H2,1H3/t10-/m0/s1. The monoisotopic (exact) mass is 401 g/mol. The smallest absolute Gasteiger partial charge is 0.0462 e. The molecule has 19 heavy (non-hydrogen) atoms. The lowest BCUT2D eigenvalue weighted by atomic mass is 10.1. The van der Waals surface area contributed by atoms with E-state index in [1.165, 1.54) is 5.56 Å². The van der Waals surface area contributed by atoms with E-state index < -0.39 is 0 Å². The molecule has 0 saturated carbocycles. The number of hydrogen-bond acceptors (Lipinski definition) is 1. The first kappa shape index (κ1) is 15.0. The Kier molecular flexibility index (Phi) is 5.46. The Bertz CT molecular complexity index is 555. The lowest BCUT2D eigenvalue weighted by Gasteiger charge is -2.15. The Morgan fingerprint density at radius 2 is 1.68 bits per heavy atom. The highest BCUT2D eigenvalue weighted by Gasteiger charge is 2.06. The molecule has 0 aliphatic carbocycles. The fourth-order valence-corrected chi connectivity index (χ4v) is 2.80. The summed E-state index contributed by atoms with van der Waals surface area (Å²) in [5.41, 5.74) is 2.37. The molecule has 0 saturated heterocycles. The highest BCUT2D eigenvalue weighted by molar-refractivity contribution is 9.10. The zero-order valence-electron chi connectivity index (χ0n) is 10.5. The minimum absolute atomic E-state index is 0.285. The van der Waals surface area contributed by atoms with Crippen LogP contribution in [0.3, 0.4) is 0 Å². The number of hydrogen-bond donors (Lipinski definition) is 1. The average Bonchev–Trinajstić information content (AvgIpc) is 2.38. The van der Waals surface area contributed by atoms with Crippen molar-refractivity contribution in [3.8, 4) is 0 Å². The summed E-state index contributed by atoms with van der Waals surface area (Å²) in [7, 11) is 0. The molecular formula is C15H14Br2ClN. The third-order valence-electron chi connectivity index (χ3n) is 2.98. The van der Waals surface area contributed by atoms with Crippen LogP contribution in [-0.2, 0) is 6.54 Å². The van der Waals surface area contributed by atoms with E-state index in [1.54, 1.807) is 0 Å². The summed E-state index contributed by atoms with van der Waals surface area (Å²) >= 11 is 13.1. The van der Waals surface area contributed by atoms with Gasteiger partial charge in [0.25, 0.3) is 0 Å². The molecule has 2 rings (SSSR count). The molecule has 0 aromatic heterocycles. The van der Waals surface area contributed by atoms with E-state index in [9.17, 15) is 0 Å². The van der Waals surface area contributed by atoms with Gasteiger partial charge < -0.3 is 5.32 Å². The molecule has 1 N–H and O–H groups in total. The summed E-state index contributed by atoms with van der Waals surface area (Å²) in [4.78, 5) is 0. The molecule has 0 amide bonds. The molecule has 100 valence electrons. The van der Waals surface area contributed by atoms with Crippen LogP contribution < -0.4 is 5.32 Å². The fraction of sp³-hybridized carbons (Fsp3) is 0.200. The van der Waals surface area contributed by atoms with Crippen LogP contribution in [0, 0.1) is 0 Å². The van der Waals surface area contributed by atoms with Gasteiger partial charge in [-0.05, 0) is 42.3 Å². The van der Waals surface area contributed by atoms with Crippen molar-refractivity contribution in [1.29, 1.82) is 0 Å². The Labute approximate surface area is 135 Å². The van der Waals surface area contributed by atoms with E-state index in [0.29, 0.717) is 0 Å². The van der Waals surface area contributed by atoms with Gasteiger partial charge >= 0.3 is 0 Å². The van der Waals surface area contributed by atoms with Crippen LogP contribution >= 0.6 is 43.5 Å². The highest BCUT2D eigenvalue weighted by atomic mass is 79.9. The zero-order valence-corrected chi connectivity index (χ0v) is 14.4. The molecular weight excluding hydrogens is 389 g/mol. The van der Waals surface area contributed by atoms with Crippen molar-refractivity contribution in [3.05, 3.63) is 67.6 Å². The lowest BCUT2D eigenvalue weighted by molar-refractivity contribution is 0.574. The second kappa shape index (κ2) is 6.89.